The molecule has 5 nitrogen and oxygen atoms in total. The summed E-state index contributed by atoms with van der Waals surface area (Å²) in [5.41, 5.74) is 6.56. The molecule has 4 aliphatic rings. The number of carbonyl (C=O) groups excluding carboxylic acids is 2. The molecule has 4 saturated carbocycles. The second kappa shape index (κ2) is 6.38. The van der Waals surface area contributed by atoms with Crippen molar-refractivity contribution in [3.8, 4) is 0 Å². The largest absolute Gasteiger partial charge is 0.469 e. The van der Waals surface area contributed by atoms with Crippen LogP contribution in [0.5, 0.6) is 0 Å². The number of methoxy groups -OCH3 is 1. The summed E-state index contributed by atoms with van der Waals surface area (Å²) in [5, 5.41) is 3.28. The highest BCUT2D eigenvalue weighted by molar-refractivity contribution is 5.83. The minimum Gasteiger partial charge on any atom is -0.469 e. The van der Waals surface area contributed by atoms with Gasteiger partial charge in [-0.25, -0.2) is 0 Å². The van der Waals surface area contributed by atoms with E-state index >= 15 is 0 Å². The Morgan fingerprint density at radius 2 is 1.85 bits per heavy atom. The molecule has 0 heterocycles. The van der Waals surface area contributed by atoms with E-state index in [1.807, 2.05) is 30.3 Å². The van der Waals surface area contributed by atoms with E-state index in [9.17, 15) is 9.59 Å². The van der Waals surface area contributed by atoms with Gasteiger partial charge in [0, 0.05) is 5.54 Å². The highest BCUT2D eigenvalue weighted by atomic mass is 16.5. The average Bonchev–Trinajstić information content (AvgIpc) is 2.60. The molecule has 1 amide bonds. The van der Waals surface area contributed by atoms with Crippen LogP contribution < -0.4 is 11.1 Å². The first-order chi connectivity index (χ1) is 12.4. The molecule has 1 aromatic rings. The second-order valence-corrected chi connectivity index (χ2v) is 8.80. The van der Waals surface area contributed by atoms with E-state index in [1.54, 1.807) is 0 Å². The molecule has 4 bridgehead atoms. The van der Waals surface area contributed by atoms with Gasteiger partial charge in [0.15, 0.2) is 0 Å². The first kappa shape index (κ1) is 17.5. The lowest BCUT2D eigenvalue weighted by atomic mass is 9.47. The van der Waals surface area contributed by atoms with Crippen molar-refractivity contribution in [1.29, 1.82) is 0 Å². The molecule has 5 rings (SSSR count). The van der Waals surface area contributed by atoms with E-state index < -0.39 is 11.5 Å². The zero-order valence-electron chi connectivity index (χ0n) is 15.4. The van der Waals surface area contributed by atoms with Crippen molar-refractivity contribution in [1.82, 2.24) is 5.32 Å². The predicted octanol–water partition coefficient (Wildman–Crippen LogP) is 2.18. The molecular formula is C21H28N2O3. The Morgan fingerprint density at radius 3 is 2.46 bits per heavy atom. The minimum absolute atomic E-state index is 0.0983. The lowest BCUT2D eigenvalue weighted by molar-refractivity contribution is -0.173. The highest BCUT2D eigenvalue weighted by Crippen LogP contribution is 2.62. The third-order valence-corrected chi connectivity index (χ3v) is 6.70. The summed E-state index contributed by atoms with van der Waals surface area (Å²) in [7, 11) is 1.47. The summed E-state index contributed by atoms with van der Waals surface area (Å²) in [6.45, 7) is 0. The molecule has 26 heavy (non-hydrogen) atoms. The lowest BCUT2D eigenvalue weighted by Crippen LogP contribution is -2.66. The summed E-state index contributed by atoms with van der Waals surface area (Å²) in [5.74, 6) is 0.802. The Labute approximate surface area is 154 Å². The lowest BCUT2D eigenvalue weighted by Gasteiger charge is -2.60. The van der Waals surface area contributed by atoms with Gasteiger partial charge in [0.1, 0.15) is 0 Å². The summed E-state index contributed by atoms with van der Waals surface area (Å²) >= 11 is 0. The molecular weight excluding hydrogens is 328 g/mol. The number of hydrogen-bond acceptors (Lipinski definition) is 4. The minimum atomic E-state index is -0.570. The fraction of sp³-hybridized carbons (Fsp3) is 0.619. The van der Waals surface area contributed by atoms with E-state index in [4.69, 9.17) is 10.5 Å². The zero-order valence-corrected chi connectivity index (χ0v) is 15.4. The molecule has 5 heteroatoms. The van der Waals surface area contributed by atoms with Gasteiger partial charge in [-0.15, -0.1) is 0 Å². The monoisotopic (exact) mass is 356 g/mol. The van der Waals surface area contributed by atoms with Crippen LogP contribution in [0.1, 0.15) is 44.1 Å². The van der Waals surface area contributed by atoms with E-state index in [1.165, 1.54) is 13.5 Å². The fourth-order valence-electron chi connectivity index (χ4n) is 6.18. The maximum atomic E-state index is 12.8. The third-order valence-electron chi connectivity index (χ3n) is 6.70. The van der Waals surface area contributed by atoms with Crippen LogP contribution in [0.25, 0.3) is 0 Å². The number of nitrogens with one attached hydrogen (secondary N) is 1. The van der Waals surface area contributed by atoms with Gasteiger partial charge < -0.3 is 15.8 Å². The molecule has 4 aliphatic carbocycles. The van der Waals surface area contributed by atoms with Crippen molar-refractivity contribution in [3.63, 3.8) is 0 Å². The van der Waals surface area contributed by atoms with Gasteiger partial charge in [-0.05, 0) is 62.3 Å². The summed E-state index contributed by atoms with van der Waals surface area (Å²) in [6.07, 6.45) is 6.14. The molecule has 3 atom stereocenters. The molecule has 0 radical (unpaired) electrons. The van der Waals surface area contributed by atoms with Crippen molar-refractivity contribution >= 4 is 11.9 Å². The van der Waals surface area contributed by atoms with Gasteiger partial charge in [-0.2, -0.15) is 0 Å². The normalized spacial score (nSPS) is 35.8. The molecule has 2 unspecified atom stereocenters. The van der Waals surface area contributed by atoms with Gasteiger partial charge >= 0.3 is 5.97 Å². The number of benzene rings is 1. The van der Waals surface area contributed by atoms with E-state index in [0.29, 0.717) is 24.7 Å². The van der Waals surface area contributed by atoms with Crippen LogP contribution in [0.3, 0.4) is 0 Å². The maximum Gasteiger partial charge on any atom is 0.311 e. The van der Waals surface area contributed by atoms with Crippen LogP contribution in [0.15, 0.2) is 30.3 Å². The quantitative estimate of drug-likeness (QED) is 0.793. The van der Waals surface area contributed by atoms with E-state index in [-0.39, 0.29) is 17.4 Å². The molecule has 0 spiro atoms. The maximum absolute atomic E-state index is 12.8. The van der Waals surface area contributed by atoms with Gasteiger partial charge in [0.05, 0.1) is 18.6 Å². The third kappa shape index (κ3) is 3.02. The topological polar surface area (TPSA) is 81.4 Å². The Bertz CT molecular complexity index is 688. The molecule has 4 fully saturated rings. The van der Waals surface area contributed by atoms with Crippen molar-refractivity contribution in [2.75, 3.05) is 7.11 Å². The average molecular weight is 356 g/mol. The Morgan fingerprint density at radius 1 is 1.19 bits per heavy atom. The number of ether oxygens (including phenoxy) is 1. The number of rotatable bonds is 5. The van der Waals surface area contributed by atoms with Crippen molar-refractivity contribution in [2.45, 2.75) is 56.5 Å². The Balaban J connectivity index is 1.48. The first-order valence-electron chi connectivity index (χ1n) is 9.64. The van der Waals surface area contributed by atoms with Gasteiger partial charge in [0.25, 0.3) is 0 Å². The van der Waals surface area contributed by atoms with E-state index in [0.717, 1.165) is 31.2 Å². The van der Waals surface area contributed by atoms with Crippen LogP contribution in [-0.4, -0.2) is 30.6 Å². The van der Waals surface area contributed by atoms with E-state index in [2.05, 4.69) is 5.32 Å². The molecule has 140 valence electrons. The number of nitrogens with two attached hydrogens (primary N) is 1. The fourth-order valence-corrected chi connectivity index (χ4v) is 6.18. The predicted molar refractivity (Wildman–Crippen MR) is 98.1 cm³/mol. The summed E-state index contributed by atoms with van der Waals surface area (Å²) < 4.78 is 5.14. The zero-order chi connectivity index (χ0) is 18.4. The van der Waals surface area contributed by atoms with Crippen LogP contribution in [0, 0.1) is 17.3 Å². The number of hydrogen-bond donors (Lipinski definition) is 2. The highest BCUT2D eigenvalue weighted by Gasteiger charge is 2.61. The van der Waals surface area contributed by atoms with Crippen LogP contribution >= 0.6 is 0 Å². The SMILES string of the molecule is COC(=O)C12CC3CC(CC(NC(=O)[C@@H](N)Cc4ccccc4)(C3)C1)C2. The summed E-state index contributed by atoms with van der Waals surface area (Å²) in [4.78, 5) is 25.3. The Hall–Kier alpha value is -1.88. The van der Waals surface area contributed by atoms with Gasteiger partial charge in [-0.1, -0.05) is 30.3 Å². The van der Waals surface area contributed by atoms with Crippen LogP contribution in [0.2, 0.25) is 0 Å². The molecule has 0 aliphatic heterocycles. The number of amides is 1. The smallest absolute Gasteiger partial charge is 0.311 e. The van der Waals surface area contributed by atoms with Gasteiger partial charge in [0.2, 0.25) is 5.91 Å². The van der Waals surface area contributed by atoms with Crippen molar-refractivity contribution in [3.05, 3.63) is 35.9 Å². The van der Waals surface area contributed by atoms with Crippen LogP contribution in [0.4, 0.5) is 0 Å². The standard InChI is InChI=1S/C21H28N2O3/c1-26-19(25)20-9-15-7-16(10-20)12-21(11-15,13-20)23-18(24)17(22)8-14-5-3-2-4-6-14/h2-6,15-17H,7-13,22H2,1H3,(H,23,24)/t15?,16?,17-,20?,21?/m0/s1. The second-order valence-electron chi connectivity index (χ2n) is 8.80. The first-order valence-corrected chi connectivity index (χ1v) is 9.64. The van der Waals surface area contributed by atoms with Crippen LogP contribution in [-0.2, 0) is 20.7 Å². The van der Waals surface area contributed by atoms with Gasteiger partial charge in [-0.3, -0.25) is 9.59 Å². The summed E-state index contributed by atoms with van der Waals surface area (Å²) in [6, 6.07) is 9.28. The number of carbonyl (C=O) groups is 2. The Kier molecular flexibility index (Phi) is 4.30. The molecule has 0 aromatic heterocycles. The van der Waals surface area contributed by atoms with Crippen molar-refractivity contribution < 1.29 is 14.3 Å². The molecule has 3 N–H and O–H groups in total. The molecule has 1 aromatic carbocycles. The van der Waals surface area contributed by atoms with Crippen molar-refractivity contribution in [2.24, 2.45) is 23.0 Å². The number of esters is 1. The molecule has 0 saturated heterocycles.